The molecular weight excluding hydrogens is 386 g/mol. The Balaban J connectivity index is 2.03. The van der Waals surface area contributed by atoms with Gasteiger partial charge in [0.25, 0.3) is 5.91 Å². The van der Waals surface area contributed by atoms with Crippen molar-refractivity contribution < 1.29 is 13.2 Å². The molecule has 2 rings (SSSR count). The number of hydrazone groups is 1. The summed E-state index contributed by atoms with van der Waals surface area (Å²) in [7, 11) is -3.66. The van der Waals surface area contributed by atoms with E-state index in [1.807, 2.05) is 24.3 Å². The molecule has 0 aliphatic heterocycles. The largest absolute Gasteiger partial charge is 0.271 e. The second-order valence-corrected chi connectivity index (χ2v) is 8.71. The quantitative estimate of drug-likeness (QED) is 0.564. The number of nitrogens with one attached hydrogen (secondary N) is 1. The first-order valence-corrected chi connectivity index (χ1v) is 10.5. The van der Waals surface area contributed by atoms with Gasteiger partial charge in [-0.3, -0.25) is 9.10 Å². The Morgan fingerprint density at radius 2 is 1.89 bits per heavy atom. The average Bonchev–Trinajstić information content (AvgIpc) is 2.59. The van der Waals surface area contributed by atoms with Crippen molar-refractivity contribution in [2.75, 3.05) is 17.1 Å². The number of hydrogen-bond donors (Lipinski definition) is 1. The summed E-state index contributed by atoms with van der Waals surface area (Å²) in [6.07, 6.45) is 2.53. The van der Waals surface area contributed by atoms with Gasteiger partial charge in [0.1, 0.15) is 6.54 Å². The molecule has 0 aromatic heterocycles. The van der Waals surface area contributed by atoms with Crippen LogP contribution in [0.15, 0.2) is 53.6 Å². The number of rotatable bonds is 7. The maximum absolute atomic E-state index is 12.1. The van der Waals surface area contributed by atoms with Gasteiger partial charge in [0.15, 0.2) is 0 Å². The molecule has 0 aliphatic rings. The van der Waals surface area contributed by atoms with Crippen molar-refractivity contribution in [3.05, 3.63) is 64.7 Å². The SMILES string of the molecule is CC(C)c1ccc(/C=N\NC(=O)CN(c2cccc(Cl)c2)S(C)(=O)=O)cc1. The highest BCUT2D eigenvalue weighted by atomic mass is 35.5. The Labute approximate surface area is 164 Å². The minimum Gasteiger partial charge on any atom is -0.271 e. The normalized spacial score (nSPS) is 11.7. The number of sulfonamides is 1. The Bertz CT molecular complexity index is 925. The predicted molar refractivity (Wildman–Crippen MR) is 110 cm³/mol. The molecule has 0 heterocycles. The second-order valence-electron chi connectivity index (χ2n) is 6.36. The number of anilines is 1. The molecule has 6 nitrogen and oxygen atoms in total. The van der Waals surface area contributed by atoms with Crippen molar-refractivity contribution in [1.82, 2.24) is 5.43 Å². The number of nitrogens with zero attached hydrogens (tertiary/aromatic N) is 2. The molecule has 27 heavy (non-hydrogen) atoms. The van der Waals surface area contributed by atoms with E-state index in [1.54, 1.807) is 18.2 Å². The molecule has 1 N–H and O–H groups in total. The summed E-state index contributed by atoms with van der Waals surface area (Å²) in [6.45, 7) is 3.82. The fourth-order valence-corrected chi connectivity index (χ4v) is 3.38. The van der Waals surface area contributed by atoms with E-state index < -0.39 is 22.5 Å². The first-order chi connectivity index (χ1) is 12.7. The maximum atomic E-state index is 12.1. The fraction of sp³-hybridized carbons (Fsp3) is 0.263. The van der Waals surface area contributed by atoms with Gasteiger partial charge in [-0.05, 0) is 35.2 Å². The number of amides is 1. The molecule has 8 heteroatoms. The van der Waals surface area contributed by atoms with E-state index in [1.165, 1.54) is 17.8 Å². The molecule has 0 saturated heterocycles. The van der Waals surface area contributed by atoms with Crippen molar-refractivity contribution in [3.8, 4) is 0 Å². The smallest absolute Gasteiger partial charge is 0.260 e. The van der Waals surface area contributed by atoms with Gasteiger partial charge in [0.2, 0.25) is 10.0 Å². The third-order valence-corrected chi connectivity index (χ3v) is 5.17. The lowest BCUT2D eigenvalue weighted by Crippen LogP contribution is -2.39. The van der Waals surface area contributed by atoms with Crippen LogP contribution >= 0.6 is 11.6 Å². The third kappa shape index (κ3) is 6.37. The van der Waals surface area contributed by atoms with Crippen molar-refractivity contribution in [3.63, 3.8) is 0 Å². The molecule has 0 fully saturated rings. The Morgan fingerprint density at radius 3 is 2.44 bits per heavy atom. The molecule has 2 aromatic rings. The van der Waals surface area contributed by atoms with Crippen LogP contribution in [0.25, 0.3) is 0 Å². The van der Waals surface area contributed by atoms with Gasteiger partial charge >= 0.3 is 0 Å². The Hall–Kier alpha value is -2.38. The minimum atomic E-state index is -3.66. The molecule has 0 aliphatic carbocycles. The summed E-state index contributed by atoms with van der Waals surface area (Å²) in [5.74, 6) is -0.125. The summed E-state index contributed by atoms with van der Waals surface area (Å²) in [4.78, 5) is 12.1. The Kier molecular flexibility index (Phi) is 6.98. The van der Waals surface area contributed by atoms with Crippen LogP contribution in [0.5, 0.6) is 0 Å². The van der Waals surface area contributed by atoms with Crippen molar-refractivity contribution in [2.45, 2.75) is 19.8 Å². The number of carbonyl (C=O) groups is 1. The summed E-state index contributed by atoms with van der Waals surface area (Å²) in [6, 6.07) is 14.1. The Morgan fingerprint density at radius 1 is 1.22 bits per heavy atom. The molecule has 0 atom stereocenters. The van der Waals surface area contributed by atoms with Crippen LogP contribution in [0, 0.1) is 0 Å². The van der Waals surface area contributed by atoms with Crippen LogP contribution in [-0.2, 0) is 14.8 Å². The van der Waals surface area contributed by atoms with Gasteiger partial charge in [-0.25, -0.2) is 13.8 Å². The van der Waals surface area contributed by atoms with E-state index >= 15 is 0 Å². The topological polar surface area (TPSA) is 78.8 Å². The maximum Gasteiger partial charge on any atom is 0.260 e. The molecular formula is C19H22ClN3O3S. The number of hydrogen-bond acceptors (Lipinski definition) is 4. The van der Waals surface area contributed by atoms with Crippen molar-refractivity contribution >= 4 is 39.4 Å². The summed E-state index contributed by atoms with van der Waals surface area (Å²) < 4.78 is 25.0. The highest BCUT2D eigenvalue weighted by Crippen LogP contribution is 2.21. The number of benzene rings is 2. The fourth-order valence-electron chi connectivity index (χ4n) is 2.34. The predicted octanol–water partition coefficient (Wildman–Crippen LogP) is 3.38. The summed E-state index contributed by atoms with van der Waals surface area (Å²) in [5, 5.41) is 4.27. The van der Waals surface area contributed by atoms with Gasteiger partial charge in [-0.15, -0.1) is 0 Å². The molecule has 0 bridgehead atoms. The highest BCUT2D eigenvalue weighted by Gasteiger charge is 2.20. The van der Waals surface area contributed by atoms with Crippen molar-refractivity contribution in [1.29, 1.82) is 0 Å². The number of halogens is 1. The zero-order chi connectivity index (χ0) is 20.0. The molecule has 2 aromatic carbocycles. The zero-order valence-electron chi connectivity index (χ0n) is 15.4. The highest BCUT2D eigenvalue weighted by molar-refractivity contribution is 7.92. The lowest BCUT2D eigenvalue weighted by Gasteiger charge is -2.21. The standard InChI is InChI=1S/C19H22ClN3O3S/c1-14(2)16-9-7-15(8-10-16)12-21-22-19(24)13-23(27(3,25)26)18-6-4-5-17(20)11-18/h4-12,14H,13H2,1-3H3,(H,22,24)/b21-12-. The first-order valence-electron chi connectivity index (χ1n) is 8.32. The zero-order valence-corrected chi connectivity index (χ0v) is 17.0. The van der Waals surface area contributed by atoms with E-state index in [2.05, 4.69) is 24.4 Å². The van der Waals surface area contributed by atoms with E-state index in [9.17, 15) is 13.2 Å². The molecule has 1 amide bonds. The van der Waals surface area contributed by atoms with Gasteiger partial charge in [0, 0.05) is 5.02 Å². The molecule has 0 radical (unpaired) electrons. The van der Waals surface area contributed by atoms with Crippen LogP contribution in [0.2, 0.25) is 5.02 Å². The van der Waals surface area contributed by atoms with Crippen LogP contribution in [0.1, 0.15) is 30.9 Å². The van der Waals surface area contributed by atoms with Crippen LogP contribution < -0.4 is 9.73 Å². The average molecular weight is 408 g/mol. The molecule has 0 spiro atoms. The molecule has 0 saturated carbocycles. The second kappa shape index (κ2) is 9.01. The monoisotopic (exact) mass is 407 g/mol. The number of carbonyl (C=O) groups excluding carboxylic acids is 1. The van der Waals surface area contributed by atoms with Crippen LogP contribution in [-0.4, -0.2) is 33.3 Å². The van der Waals surface area contributed by atoms with Gasteiger partial charge in [-0.1, -0.05) is 55.8 Å². The van der Waals surface area contributed by atoms with E-state index in [0.29, 0.717) is 16.6 Å². The van der Waals surface area contributed by atoms with E-state index in [0.717, 1.165) is 16.1 Å². The lowest BCUT2D eigenvalue weighted by molar-refractivity contribution is -0.119. The van der Waals surface area contributed by atoms with Gasteiger partial charge in [0.05, 0.1) is 18.2 Å². The molecule has 0 unspecified atom stereocenters. The van der Waals surface area contributed by atoms with Crippen molar-refractivity contribution in [2.24, 2.45) is 5.10 Å². The first kappa shape index (κ1) is 20.9. The van der Waals surface area contributed by atoms with Gasteiger partial charge < -0.3 is 0 Å². The van der Waals surface area contributed by atoms with E-state index in [-0.39, 0.29) is 0 Å². The molecule has 144 valence electrons. The lowest BCUT2D eigenvalue weighted by atomic mass is 10.0. The van der Waals surface area contributed by atoms with E-state index in [4.69, 9.17) is 11.6 Å². The van der Waals surface area contributed by atoms with Crippen LogP contribution in [0.3, 0.4) is 0 Å². The van der Waals surface area contributed by atoms with Crippen LogP contribution in [0.4, 0.5) is 5.69 Å². The summed E-state index contributed by atoms with van der Waals surface area (Å²) >= 11 is 5.91. The third-order valence-electron chi connectivity index (χ3n) is 3.79. The summed E-state index contributed by atoms with van der Waals surface area (Å²) in [5.41, 5.74) is 4.70. The minimum absolute atomic E-state index is 0.313. The van der Waals surface area contributed by atoms with Gasteiger partial charge in [-0.2, -0.15) is 5.10 Å².